The largest absolute Gasteiger partial charge is 0.381 e. The second-order valence-electron chi connectivity index (χ2n) is 7.53. The predicted octanol–water partition coefficient (Wildman–Crippen LogP) is 2.54. The lowest BCUT2D eigenvalue weighted by molar-refractivity contribution is 0.0778. The second kappa shape index (κ2) is 7.44. The lowest BCUT2D eigenvalue weighted by atomic mass is 10.0. The van der Waals surface area contributed by atoms with Crippen LogP contribution in [0.1, 0.15) is 55.2 Å². The Morgan fingerprint density at radius 1 is 1.14 bits per heavy atom. The number of para-hydroxylation sites is 1. The number of nitrogens with one attached hydrogen (secondary N) is 1. The summed E-state index contributed by atoms with van der Waals surface area (Å²) in [4.78, 5) is 27.0. The molecule has 8 heteroatoms. The maximum atomic E-state index is 12.4. The molecule has 0 bridgehead atoms. The maximum Gasteiger partial charge on any atom is 0.258 e. The van der Waals surface area contributed by atoms with Crippen molar-refractivity contribution in [2.45, 2.75) is 44.2 Å². The SMILES string of the molecule is O=c1[nH]c(C2CCCN2Cc2noc(C3CCOCC3)n2)nc2ccccc12. The monoisotopic (exact) mass is 381 g/mol. The predicted molar refractivity (Wildman–Crippen MR) is 102 cm³/mol. The molecule has 1 N–H and O–H groups in total. The molecule has 0 aliphatic carbocycles. The maximum absolute atomic E-state index is 12.4. The van der Waals surface area contributed by atoms with Crippen LogP contribution in [-0.2, 0) is 11.3 Å². The second-order valence-corrected chi connectivity index (χ2v) is 7.53. The molecule has 1 atom stereocenters. The Labute approximate surface area is 161 Å². The van der Waals surface area contributed by atoms with Gasteiger partial charge in [-0.15, -0.1) is 0 Å². The highest BCUT2D eigenvalue weighted by atomic mass is 16.5. The zero-order chi connectivity index (χ0) is 18.9. The Morgan fingerprint density at radius 3 is 2.89 bits per heavy atom. The van der Waals surface area contributed by atoms with Gasteiger partial charge in [-0.1, -0.05) is 17.3 Å². The number of benzene rings is 1. The number of hydrogen-bond acceptors (Lipinski definition) is 7. The van der Waals surface area contributed by atoms with E-state index in [1.165, 1.54) is 0 Å². The van der Waals surface area contributed by atoms with Crippen LogP contribution in [0, 0.1) is 0 Å². The Hall–Kier alpha value is -2.58. The third kappa shape index (κ3) is 3.33. The quantitative estimate of drug-likeness (QED) is 0.742. The van der Waals surface area contributed by atoms with Crippen LogP contribution in [0.5, 0.6) is 0 Å². The van der Waals surface area contributed by atoms with E-state index >= 15 is 0 Å². The van der Waals surface area contributed by atoms with Crippen molar-refractivity contribution in [2.75, 3.05) is 19.8 Å². The summed E-state index contributed by atoms with van der Waals surface area (Å²) in [6, 6.07) is 7.50. The van der Waals surface area contributed by atoms with E-state index in [9.17, 15) is 4.79 Å². The van der Waals surface area contributed by atoms with E-state index in [1.54, 1.807) is 6.07 Å². The van der Waals surface area contributed by atoms with Crippen molar-refractivity contribution >= 4 is 10.9 Å². The van der Waals surface area contributed by atoms with E-state index in [0.717, 1.165) is 51.0 Å². The van der Waals surface area contributed by atoms with Gasteiger partial charge in [-0.25, -0.2) is 4.98 Å². The minimum atomic E-state index is -0.0891. The van der Waals surface area contributed by atoms with Crippen molar-refractivity contribution < 1.29 is 9.26 Å². The van der Waals surface area contributed by atoms with E-state index in [4.69, 9.17) is 14.2 Å². The number of ether oxygens (including phenoxy) is 1. The molecule has 2 aliphatic rings. The van der Waals surface area contributed by atoms with Crippen LogP contribution in [0.4, 0.5) is 0 Å². The molecule has 1 unspecified atom stereocenters. The van der Waals surface area contributed by atoms with Gasteiger partial charge in [-0.2, -0.15) is 4.98 Å². The standard InChI is InChI=1S/C20H23N5O3/c26-19-14-4-1-2-5-15(14)21-18(23-19)16-6-3-9-25(16)12-17-22-20(28-24-17)13-7-10-27-11-8-13/h1-2,4-5,13,16H,3,6-12H2,(H,21,23,26). The molecule has 28 heavy (non-hydrogen) atoms. The number of likely N-dealkylation sites (tertiary alicyclic amines) is 1. The number of fused-ring (bicyclic) bond motifs is 1. The number of hydrogen-bond donors (Lipinski definition) is 1. The molecule has 0 spiro atoms. The highest BCUT2D eigenvalue weighted by molar-refractivity contribution is 5.77. The highest BCUT2D eigenvalue weighted by Gasteiger charge is 2.30. The number of rotatable bonds is 4. The molecular weight excluding hydrogens is 358 g/mol. The molecule has 2 fully saturated rings. The molecule has 2 aliphatic heterocycles. The van der Waals surface area contributed by atoms with E-state index in [1.807, 2.05) is 18.2 Å². The molecule has 0 amide bonds. The van der Waals surface area contributed by atoms with Crippen molar-refractivity contribution in [3.63, 3.8) is 0 Å². The van der Waals surface area contributed by atoms with Crippen LogP contribution in [0.3, 0.4) is 0 Å². The lowest BCUT2D eigenvalue weighted by Crippen LogP contribution is -2.26. The van der Waals surface area contributed by atoms with Gasteiger partial charge in [-0.05, 0) is 44.4 Å². The third-order valence-corrected chi connectivity index (χ3v) is 5.71. The molecule has 8 nitrogen and oxygen atoms in total. The summed E-state index contributed by atoms with van der Waals surface area (Å²) in [6.45, 7) is 3.01. The minimum absolute atomic E-state index is 0.0577. The van der Waals surface area contributed by atoms with Gasteiger partial charge in [0.1, 0.15) is 5.82 Å². The summed E-state index contributed by atoms with van der Waals surface area (Å²) >= 11 is 0. The molecule has 0 saturated carbocycles. The van der Waals surface area contributed by atoms with Crippen LogP contribution in [0.25, 0.3) is 10.9 Å². The van der Waals surface area contributed by atoms with Gasteiger partial charge in [0, 0.05) is 19.1 Å². The zero-order valence-electron chi connectivity index (χ0n) is 15.6. The van der Waals surface area contributed by atoms with Crippen molar-refractivity contribution in [1.82, 2.24) is 25.0 Å². The van der Waals surface area contributed by atoms with Gasteiger partial charge in [0.15, 0.2) is 5.82 Å². The molecule has 2 aromatic heterocycles. The first-order valence-electron chi connectivity index (χ1n) is 9.91. The molecule has 1 aromatic carbocycles. The molecule has 2 saturated heterocycles. The first-order valence-corrected chi connectivity index (χ1v) is 9.91. The topological polar surface area (TPSA) is 97.1 Å². The zero-order valence-corrected chi connectivity index (χ0v) is 15.6. The molecule has 5 rings (SSSR count). The van der Waals surface area contributed by atoms with Gasteiger partial charge in [-0.3, -0.25) is 9.69 Å². The Kier molecular flexibility index (Phi) is 4.66. The number of nitrogens with zero attached hydrogens (tertiary/aromatic N) is 4. The number of H-pyrrole nitrogens is 1. The van der Waals surface area contributed by atoms with Crippen molar-refractivity contribution in [3.8, 4) is 0 Å². The fraction of sp³-hybridized carbons (Fsp3) is 0.500. The summed E-state index contributed by atoms with van der Waals surface area (Å²) in [6.07, 6.45) is 3.85. The highest BCUT2D eigenvalue weighted by Crippen LogP contribution is 2.31. The van der Waals surface area contributed by atoms with Gasteiger partial charge >= 0.3 is 0 Å². The summed E-state index contributed by atoms with van der Waals surface area (Å²) in [5, 5.41) is 4.81. The van der Waals surface area contributed by atoms with Gasteiger partial charge in [0.2, 0.25) is 5.89 Å². The first-order chi connectivity index (χ1) is 13.8. The van der Waals surface area contributed by atoms with Crippen LogP contribution >= 0.6 is 0 Å². The summed E-state index contributed by atoms with van der Waals surface area (Å²) in [7, 11) is 0. The smallest absolute Gasteiger partial charge is 0.258 e. The molecule has 146 valence electrons. The van der Waals surface area contributed by atoms with Crippen molar-refractivity contribution in [3.05, 3.63) is 52.2 Å². The van der Waals surface area contributed by atoms with Crippen molar-refractivity contribution in [1.29, 1.82) is 0 Å². The number of aromatic amines is 1. The van der Waals surface area contributed by atoms with Gasteiger partial charge in [0.05, 0.1) is 23.5 Å². The summed E-state index contributed by atoms with van der Waals surface area (Å²) in [5.41, 5.74) is 0.642. The van der Waals surface area contributed by atoms with Crippen LogP contribution in [0.2, 0.25) is 0 Å². The average molecular weight is 381 g/mol. The Balaban J connectivity index is 1.36. The van der Waals surface area contributed by atoms with Crippen LogP contribution in [-0.4, -0.2) is 44.8 Å². The van der Waals surface area contributed by atoms with E-state index in [0.29, 0.717) is 35.4 Å². The summed E-state index contributed by atoms with van der Waals surface area (Å²) < 4.78 is 10.9. The summed E-state index contributed by atoms with van der Waals surface area (Å²) in [5.74, 6) is 2.42. The third-order valence-electron chi connectivity index (χ3n) is 5.71. The molecular formula is C20H23N5O3. The van der Waals surface area contributed by atoms with Crippen molar-refractivity contribution in [2.24, 2.45) is 0 Å². The molecule has 4 heterocycles. The fourth-order valence-corrected chi connectivity index (χ4v) is 4.21. The first kappa shape index (κ1) is 17.5. The Morgan fingerprint density at radius 2 is 2.00 bits per heavy atom. The van der Waals surface area contributed by atoms with Gasteiger partial charge in [0.25, 0.3) is 5.56 Å². The normalized spacial score (nSPS) is 21.5. The van der Waals surface area contributed by atoms with Gasteiger partial charge < -0.3 is 14.2 Å². The van der Waals surface area contributed by atoms with E-state index < -0.39 is 0 Å². The van der Waals surface area contributed by atoms with E-state index in [2.05, 4.69) is 20.0 Å². The van der Waals surface area contributed by atoms with E-state index in [-0.39, 0.29) is 11.6 Å². The van der Waals surface area contributed by atoms with Crippen LogP contribution in [0.15, 0.2) is 33.6 Å². The fourth-order valence-electron chi connectivity index (χ4n) is 4.21. The minimum Gasteiger partial charge on any atom is -0.381 e. The Bertz CT molecular complexity index is 1020. The number of aromatic nitrogens is 4. The van der Waals surface area contributed by atoms with Crippen LogP contribution < -0.4 is 5.56 Å². The average Bonchev–Trinajstić information content (AvgIpc) is 3.39. The molecule has 3 aromatic rings. The lowest BCUT2D eigenvalue weighted by Gasteiger charge is -2.22. The molecule has 0 radical (unpaired) electrons.